The van der Waals surface area contributed by atoms with Crippen molar-refractivity contribution in [3.63, 3.8) is 0 Å². The van der Waals surface area contributed by atoms with Crippen LogP contribution < -0.4 is 5.73 Å². The van der Waals surface area contributed by atoms with Crippen LogP contribution in [0.5, 0.6) is 0 Å². The van der Waals surface area contributed by atoms with Gasteiger partial charge in [-0.25, -0.2) is 8.42 Å². The van der Waals surface area contributed by atoms with E-state index in [9.17, 15) is 8.42 Å². The number of nitrogens with two attached hydrogens (primary N) is 1. The van der Waals surface area contributed by atoms with E-state index < -0.39 is 10.0 Å². The van der Waals surface area contributed by atoms with Gasteiger partial charge >= 0.3 is 0 Å². The molecule has 1 aliphatic rings. The highest BCUT2D eigenvalue weighted by atomic mass is 32.2. The van der Waals surface area contributed by atoms with Crippen LogP contribution in [-0.4, -0.2) is 37.6 Å². The van der Waals surface area contributed by atoms with Gasteiger partial charge in [0.25, 0.3) is 0 Å². The lowest BCUT2D eigenvalue weighted by Crippen LogP contribution is -2.48. The van der Waals surface area contributed by atoms with E-state index in [0.29, 0.717) is 24.9 Å². The van der Waals surface area contributed by atoms with Crippen LogP contribution in [0.15, 0.2) is 0 Å². The predicted molar refractivity (Wildman–Crippen MR) is 80.4 cm³/mol. The Kier molecular flexibility index (Phi) is 6.77. The molecule has 1 saturated carbocycles. The Hall–Kier alpha value is -0.130. The summed E-state index contributed by atoms with van der Waals surface area (Å²) in [5.74, 6) is 1.03. The molecule has 4 nitrogen and oxygen atoms in total. The quantitative estimate of drug-likeness (QED) is 0.782. The van der Waals surface area contributed by atoms with Gasteiger partial charge in [-0.15, -0.1) is 0 Å². The average molecular weight is 290 g/mol. The molecule has 0 heterocycles. The number of nitrogens with zero attached hydrogens (tertiary/aromatic N) is 1. The third-order valence-electron chi connectivity index (χ3n) is 4.16. The van der Waals surface area contributed by atoms with E-state index in [1.54, 1.807) is 4.31 Å². The zero-order valence-corrected chi connectivity index (χ0v) is 13.5. The Balaban J connectivity index is 2.79. The monoisotopic (exact) mass is 290 g/mol. The second kappa shape index (κ2) is 7.60. The third-order valence-corrected chi connectivity index (χ3v) is 6.16. The molecule has 0 amide bonds. The lowest BCUT2D eigenvalue weighted by atomic mass is 9.84. The van der Waals surface area contributed by atoms with Crippen LogP contribution in [0.3, 0.4) is 0 Å². The lowest BCUT2D eigenvalue weighted by Gasteiger charge is -2.38. The maximum atomic E-state index is 12.5. The van der Waals surface area contributed by atoms with Gasteiger partial charge in [0.1, 0.15) is 0 Å². The Morgan fingerprint density at radius 2 is 1.89 bits per heavy atom. The van der Waals surface area contributed by atoms with Crippen molar-refractivity contribution in [3.05, 3.63) is 0 Å². The maximum absolute atomic E-state index is 12.5. The molecule has 0 bridgehead atoms. The molecule has 1 aliphatic carbocycles. The Bertz CT molecular complexity index is 354. The molecular formula is C14H30N2O2S. The predicted octanol–water partition coefficient (Wildman–Crippen LogP) is 2.20. The minimum absolute atomic E-state index is 0.126. The zero-order chi connectivity index (χ0) is 14.5. The molecule has 0 saturated heterocycles. The Labute approximate surface area is 118 Å². The first-order valence-electron chi connectivity index (χ1n) is 7.62. The van der Waals surface area contributed by atoms with Crippen molar-refractivity contribution in [1.82, 2.24) is 4.31 Å². The van der Waals surface area contributed by atoms with Gasteiger partial charge in [0, 0.05) is 12.6 Å². The summed E-state index contributed by atoms with van der Waals surface area (Å²) in [5.41, 5.74) is 5.83. The lowest BCUT2D eigenvalue weighted by molar-refractivity contribution is 0.187. The first-order chi connectivity index (χ1) is 8.92. The molecule has 1 fully saturated rings. The standard InChI is InChI=1S/C14H30N2O2S/c1-4-16(19(17,18)10-9-12(2)3)14-8-6-5-7-13(14)11-15/h12-14H,4-11,15H2,1-3H3. The normalized spacial score (nSPS) is 25.2. The first-order valence-corrected chi connectivity index (χ1v) is 9.22. The van der Waals surface area contributed by atoms with E-state index in [1.165, 1.54) is 6.42 Å². The minimum Gasteiger partial charge on any atom is -0.330 e. The van der Waals surface area contributed by atoms with Crippen LogP contribution in [0.4, 0.5) is 0 Å². The fraction of sp³-hybridized carbons (Fsp3) is 1.00. The van der Waals surface area contributed by atoms with Crippen molar-refractivity contribution in [1.29, 1.82) is 0 Å². The molecule has 0 aromatic heterocycles. The van der Waals surface area contributed by atoms with Gasteiger partial charge in [0.05, 0.1) is 5.75 Å². The third kappa shape index (κ3) is 4.72. The Morgan fingerprint density at radius 1 is 1.26 bits per heavy atom. The van der Waals surface area contributed by atoms with Gasteiger partial charge < -0.3 is 5.73 Å². The van der Waals surface area contributed by atoms with E-state index in [4.69, 9.17) is 5.73 Å². The van der Waals surface area contributed by atoms with Gasteiger partial charge in [-0.2, -0.15) is 4.31 Å². The van der Waals surface area contributed by atoms with Crippen LogP contribution >= 0.6 is 0 Å². The van der Waals surface area contributed by atoms with Crippen molar-refractivity contribution in [3.8, 4) is 0 Å². The Morgan fingerprint density at radius 3 is 2.42 bits per heavy atom. The van der Waals surface area contributed by atoms with Crippen LogP contribution in [0.25, 0.3) is 0 Å². The molecule has 1 rings (SSSR count). The average Bonchev–Trinajstić information content (AvgIpc) is 2.37. The summed E-state index contributed by atoms with van der Waals surface area (Å²) in [7, 11) is -3.13. The van der Waals surface area contributed by atoms with Gasteiger partial charge in [0.2, 0.25) is 10.0 Å². The number of hydrogen-bond acceptors (Lipinski definition) is 3. The smallest absolute Gasteiger partial charge is 0.214 e. The van der Waals surface area contributed by atoms with E-state index in [2.05, 4.69) is 13.8 Å². The zero-order valence-electron chi connectivity index (χ0n) is 12.6. The number of rotatable bonds is 7. The first kappa shape index (κ1) is 16.9. The molecule has 0 radical (unpaired) electrons. The summed E-state index contributed by atoms with van der Waals surface area (Å²) in [6, 6.07) is 0.126. The minimum atomic E-state index is -3.13. The molecule has 114 valence electrons. The van der Waals surface area contributed by atoms with Crippen molar-refractivity contribution in [2.24, 2.45) is 17.6 Å². The highest BCUT2D eigenvalue weighted by Crippen LogP contribution is 2.29. The molecule has 0 aliphatic heterocycles. The van der Waals surface area contributed by atoms with Crippen LogP contribution in [-0.2, 0) is 10.0 Å². The van der Waals surface area contributed by atoms with Gasteiger partial charge in [-0.05, 0) is 37.6 Å². The SMILES string of the molecule is CCN(C1CCCCC1CN)S(=O)(=O)CCC(C)C. The van der Waals surface area contributed by atoms with Crippen molar-refractivity contribution < 1.29 is 8.42 Å². The highest BCUT2D eigenvalue weighted by molar-refractivity contribution is 7.89. The topological polar surface area (TPSA) is 63.4 Å². The largest absolute Gasteiger partial charge is 0.330 e. The van der Waals surface area contributed by atoms with Crippen molar-refractivity contribution in [2.45, 2.75) is 58.9 Å². The molecule has 2 unspecified atom stereocenters. The summed E-state index contributed by atoms with van der Waals surface area (Å²) in [6.45, 7) is 7.24. The van der Waals surface area contributed by atoms with Gasteiger partial charge in [-0.1, -0.05) is 33.6 Å². The fourth-order valence-corrected chi connectivity index (χ4v) is 5.07. The summed E-state index contributed by atoms with van der Waals surface area (Å²) in [4.78, 5) is 0. The fourth-order valence-electron chi connectivity index (χ4n) is 2.98. The maximum Gasteiger partial charge on any atom is 0.214 e. The number of sulfonamides is 1. The van der Waals surface area contributed by atoms with Crippen molar-refractivity contribution >= 4 is 10.0 Å². The molecule has 0 spiro atoms. The van der Waals surface area contributed by atoms with Crippen LogP contribution in [0.2, 0.25) is 0 Å². The summed E-state index contributed by atoms with van der Waals surface area (Å²) < 4.78 is 26.8. The van der Waals surface area contributed by atoms with Crippen molar-refractivity contribution in [2.75, 3.05) is 18.8 Å². The van der Waals surface area contributed by atoms with Crippen LogP contribution in [0, 0.1) is 11.8 Å². The molecule has 2 N–H and O–H groups in total. The van der Waals surface area contributed by atoms with Gasteiger partial charge in [-0.3, -0.25) is 0 Å². The van der Waals surface area contributed by atoms with E-state index in [-0.39, 0.29) is 11.8 Å². The second-order valence-electron chi connectivity index (χ2n) is 6.05. The van der Waals surface area contributed by atoms with E-state index in [1.807, 2.05) is 6.92 Å². The molecule has 5 heteroatoms. The second-order valence-corrected chi connectivity index (χ2v) is 8.09. The summed E-state index contributed by atoms with van der Waals surface area (Å²) >= 11 is 0. The van der Waals surface area contributed by atoms with Gasteiger partial charge in [0.15, 0.2) is 0 Å². The molecule has 0 aromatic carbocycles. The molecule has 19 heavy (non-hydrogen) atoms. The number of hydrogen-bond donors (Lipinski definition) is 1. The molecule has 2 atom stereocenters. The van der Waals surface area contributed by atoms with Crippen LogP contribution in [0.1, 0.15) is 52.9 Å². The van der Waals surface area contributed by atoms with E-state index in [0.717, 1.165) is 25.7 Å². The molecule has 0 aromatic rings. The summed E-state index contributed by atoms with van der Waals surface area (Å²) in [6.07, 6.45) is 5.08. The molecular weight excluding hydrogens is 260 g/mol. The highest BCUT2D eigenvalue weighted by Gasteiger charge is 2.34. The summed E-state index contributed by atoms with van der Waals surface area (Å²) in [5, 5.41) is 0. The van der Waals surface area contributed by atoms with E-state index >= 15 is 0 Å².